The number of nitrogen functional groups attached to an aromatic ring is 1. The first-order valence-electron chi connectivity index (χ1n) is 7.39. The number of hydrogen-bond acceptors (Lipinski definition) is 5. The van der Waals surface area contributed by atoms with Crippen LogP contribution in [0.3, 0.4) is 0 Å². The number of aliphatic hydroxyl groups is 1. The Morgan fingerprint density at radius 3 is 2.81 bits per heavy atom. The molecule has 1 aliphatic heterocycles. The number of likely N-dealkylation sites (N-methyl/N-ethyl adjacent to an activating group) is 1. The number of ether oxygens (including phenoxy) is 1. The van der Waals surface area contributed by atoms with Crippen molar-refractivity contribution in [1.82, 2.24) is 15.1 Å². The molecule has 0 unspecified atom stereocenters. The molecule has 2 heterocycles. The van der Waals surface area contributed by atoms with Crippen molar-refractivity contribution < 1.29 is 14.6 Å². The van der Waals surface area contributed by atoms with E-state index in [0.717, 1.165) is 18.5 Å². The number of carbonyl (C=O) groups is 1. The number of nitrogens with zero attached hydrogens (tertiary/aromatic N) is 2. The molecule has 7 heteroatoms. The van der Waals surface area contributed by atoms with Gasteiger partial charge in [0.05, 0.1) is 17.0 Å². The zero-order chi connectivity index (χ0) is 15.0. The summed E-state index contributed by atoms with van der Waals surface area (Å²) in [5.41, 5.74) is 6.73. The Hall–Kier alpha value is -1.60. The van der Waals surface area contributed by atoms with Gasteiger partial charge in [0.2, 0.25) is 0 Å². The fourth-order valence-electron chi connectivity index (χ4n) is 2.81. The van der Waals surface area contributed by atoms with Crippen LogP contribution >= 0.6 is 0 Å². The smallest absolute Gasteiger partial charge is 0.276 e. The van der Waals surface area contributed by atoms with Gasteiger partial charge in [0.15, 0.2) is 5.69 Å². The maximum absolute atomic E-state index is 12.5. The fourth-order valence-corrected chi connectivity index (χ4v) is 2.81. The second-order valence-corrected chi connectivity index (χ2v) is 6.17. The van der Waals surface area contributed by atoms with Crippen LogP contribution in [-0.4, -0.2) is 58.5 Å². The number of carbonyl (C=O) groups excluding carboxylic acids is 1. The number of amides is 1. The van der Waals surface area contributed by atoms with Crippen LogP contribution in [0.25, 0.3) is 0 Å². The predicted octanol–water partition coefficient (Wildman–Crippen LogP) is 0.483. The summed E-state index contributed by atoms with van der Waals surface area (Å²) >= 11 is 0. The van der Waals surface area contributed by atoms with E-state index in [9.17, 15) is 9.90 Å². The minimum atomic E-state index is -0.882. The van der Waals surface area contributed by atoms with Gasteiger partial charge in [-0.2, -0.15) is 5.10 Å². The molecule has 0 spiro atoms. The molecule has 1 saturated heterocycles. The van der Waals surface area contributed by atoms with E-state index in [0.29, 0.717) is 37.7 Å². The van der Waals surface area contributed by atoms with Gasteiger partial charge in [-0.1, -0.05) is 0 Å². The van der Waals surface area contributed by atoms with Crippen molar-refractivity contribution in [2.24, 2.45) is 0 Å². The maximum Gasteiger partial charge on any atom is 0.276 e. The van der Waals surface area contributed by atoms with Crippen LogP contribution in [0.1, 0.15) is 47.8 Å². The normalized spacial score (nSPS) is 21.2. The highest BCUT2D eigenvalue weighted by atomic mass is 16.5. The lowest BCUT2D eigenvalue weighted by Crippen LogP contribution is -2.47. The molecule has 1 aromatic heterocycles. The molecule has 2 aliphatic rings. The van der Waals surface area contributed by atoms with Crippen LogP contribution in [0.4, 0.5) is 5.69 Å². The van der Waals surface area contributed by atoms with Crippen molar-refractivity contribution >= 4 is 11.6 Å². The van der Waals surface area contributed by atoms with Gasteiger partial charge in [-0.3, -0.25) is 9.89 Å². The summed E-state index contributed by atoms with van der Waals surface area (Å²) in [6.45, 7) is 1.31. The SMILES string of the molecule is CN(CC1(O)CCOCC1)C(=O)c1n[nH]c(C2CC2)c1N. The summed E-state index contributed by atoms with van der Waals surface area (Å²) in [7, 11) is 1.67. The molecule has 0 atom stereocenters. The van der Waals surface area contributed by atoms with Crippen molar-refractivity contribution in [2.75, 3.05) is 32.5 Å². The van der Waals surface area contributed by atoms with Crippen molar-refractivity contribution in [3.8, 4) is 0 Å². The largest absolute Gasteiger partial charge is 0.395 e. The topological polar surface area (TPSA) is 104 Å². The molecule has 3 rings (SSSR count). The van der Waals surface area contributed by atoms with Crippen LogP contribution < -0.4 is 5.73 Å². The quantitative estimate of drug-likeness (QED) is 0.749. The summed E-state index contributed by atoms with van der Waals surface area (Å²) < 4.78 is 5.25. The number of H-pyrrole nitrogens is 1. The van der Waals surface area contributed by atoms with Gasteiger partial charge in [-0.15, -0.1) is 0 Å². The van der Waals surface area contributed by atoms with E-state index < -0.39 is 5.60 Å². The standard InChI is InChI=1S/C14H22N4O3/c1-18(8-14(20)4-6-21-7-5-14)13(19)12-10(15)11(16-17-12)9-2-3-9/h9,20H,2-8,15H2,1H3,(H,16,17). The second kappa shape index (κ2) is 5.31. The molecule has 116 valence electrons. The number of nitrogens with two attached hydrogens (primary N) is 1. The zero-order valence-corrected chi connectivity index (χ0v) is 12.3. The van der Waals surface area contributed by atoms with E-state index in [1.54, 1.807) is 7.05 Å². The first-order chi connectivity index (χ1) is 10.0. The van der Waals surface area contributed by atoms with Crippen LogP contribution in [0, 0.1) is 0 Å². The Kier molecular flexibility index (Phi) is 3.62. The van der Waals surface area contributed by atoms with E-state index in [1.165, 1.54) is 4.90 Å². The van der Waals surface area contributed by atoms with Gasteiger partial charge in [0.25, 0.3) is 5.91 Å². The van der Waals surface area contributed by atoms with Gasteiger partial charge in [0, 0.05) is 45.6 Å². The predicted molar refractivity (Wildman–Crippen MR) is 76.9 cm³/mol. The minimum Gasteiger partial charge on any atom is -0.395 e. The molecule has 7 nitrogen and oxygen atoms in total. The number of rotatable bonds is 4. The summed E-state index contributed by atoms with van der Waals surface area (Å²) in [4.78, 5) is 14.0. The highest BCUT2D eigenvalue weighted by molar-refractivity contribution is 5.97. The van der Waals surface area contributed by atoms with Gasteiger partial charge >= 0.3 is 0 Å². The molecule has 0 aromatic carbocycles. The van der Waals surface area contributed by atoms with Crippen LogP contribution in [-0.2, 0) is 4.74 Å². The van der Waals surface area contributed by atoms with E-state index >= 15 is 0 Å². The number of aromatic nitrogens is 2. The number of hydrogen-bond donors (Lipinski definition) is 3. The van der Waals surface area contributed by atoms with Crippen LogP contribution in [0.2, 0.25) is 0 Å². The van der Waals surface area contributed by atoms with E-state index in [4.69, 9.17) is 10.5 Å². The Labute approximate surface area is 123 Å². The monoisotopic (exact) mass is 294 g/mol. The summed E-state index contributed by atoms with van der Waals surface area (Å²) in [5, 5.41) is 17.4. The third-order valence-electron chi connectivity index (χ3n) is 4.32. The summed E-state index contributed by atoms with van der Waals surface area (Å²) in [6.07, 6.45) is 3.26. The van der Waals surface area contributed by atoms with Gasteiger partial charge in [0.1, 0.15) is 0 Å². The number of anilines is 1. The number of aromatic amines is 1. The Morgan fingerprint density at radius 2 is 2.19 bits per heavy atom. The maximum atomic E-state index is 12.5. The average Bonchev–Trinajstić information content (AvgIpc) is 3.21. The average molecular weight is 294 g/mol. The first kappa shape index (κ1) is 14.3. The Balaban J connectivity index is 1.69. The number of nitrogens with one attached hydrogen (secondary N) is 1. The van der Waals surface area contributed by atoms with Crippen molar-refractivity contribution in [2.45, 2.75) is 37.2 Å². The van der Waals surface area contributed by atoms with Crippen molar-refractivity contribution in [3.63, 3.8) is 0 Å². The van der Waals surface area contributed by atoms with Gasteiger partial charge in [-0.05, 0) is 12.8 Å². The molecule has 2 fully saturated rings. The molecular weight excluding hydrogens is 272 g/mol. The molecule has 1 saturated carbocycles. The zero-order valence-electron chi connectivity index (χ0n) is 12.3. The van der Waals surface area contributed by atoms with E-state index in [-0.39, 0.29) is 18.1 Å². The summed E-state index contributed by atoms with van der Waals surface area (Å²) in [6, 6.07) is 0. The van der Waals surface area contributed by atoms with Crippen molar-refractivity contribution in [1.29, 1.82) is 0 Å². The van der Waals surface area contributed by atoms with Crippen LogP contribution in [0.5, 0.6) is 0 Å². The molecular formula is C14H22N4O3. The van der Waals surface area contributed by atoms with E-state index in [2.05, 4.69) is 10.2 Å². The second-order valence-electron chi connectivity index (χ2n) is 6.17. The lowest BCUT2D eigenvalue weighted by atomic mass is 9.94. The highest BCUT2D eigenvalue weighted by Crippen LogP contribution is 2.42. The van der Waals surface area contributed by atoms with Crippen LogP contribution in [0.15, 0.2) is 0 Å². The fraction of sp³-hybridized carbons (Fsp3) is 0.714. The summed E-state index contributed by atoms with van der Waals surface area (Å²) in [5.74, 6) is 0.166. The third-order valence-corrected chi connectivity index (χ3v) is 4.32. The van der Waals surface area contributed by atoms with Gasteiger partial charge < -0.3 is 20.5 Å². The Morgan fingerprint density at radius 1 is 1.52 bits per heavy atom. The molecule has 1 amide bonds. The van der Waals surface area contributed by atoms with Gasteiger partial charge in [-0.25, -0.2) is 0 Å². The van der Waals surface area contributed by atoms with Crippen molar-refractivity contribution in [3.05, 3.63) is 11.4 Å². The molecule has 1 aliphatic carbocycles. The molecule has 0 radical (unpaired) electrons. The lowest BCUT2D eigenvalue weighted by Gasteiger charge is -2.35. The first-order valence-corrected chi connectivity index (χ1v) is 7.39. The third kappa shape index (κ3) is 2.89. The Bertz CT molecular complexity index is 532. The van der Waals surface area contributed by atoms with E-state index in [1.807, 2.05) is 0 Å². The molecule has 4 N–H and O–H groups in total. The minimum absolute atomic E-state index is 0.254. The highest BCUT2D eigenvalue weighted by Gasteiger charge is 2.35. The molecule has 21 heavy (non-hydrogen) atoms. The molecule has 0 bridgehead atoms. The molecule has 1 aromatic rings. The lowest BCUT2D eigenvalue weighted by molar-refractivity contribution is -0.0734.